The monoisotopic (exact) mass is 406 g/mol. The summed E-state index contributed by atoms with van der Waals surface area (Å²) in [5.74, 6) is 0.580. The second-order valence-electron chi connectivity index (χ2n) is 7.07. The number of hydrogen-bond acceptors (Lipinski definition) is 3. The van der Waals surface area contributed by atoms with Gasteiger partial charge in [0.2, 0.25) is 0 Å². The van der Waals surface area contributed by atoms with Gasteiger partial charge in [0, 0.05) is 25.2 Å². The molecule has 0 radical (unpaired) electrons. The van der Waals surface area contributed by atoms with E-state index in [4.69, 9.17) is 16.3 Å². The Labute approximate surface area is 171 Å². The van der Waals surface area contributed by atoms with E-state index in [0.29, 0.717) is 22.9 Å². The molecule has 2 aliphatic heterocycles. The van der Waals surface area contributed by atoms with Gasteiger partial charge in [-0.15, -0.1) is 12.4 Å². The summed E-state index contributed by atoms with van der Waals surface area (Å²) in [6, 6.07) is 16.7. The Hall–Kier alpha value is -1.75. The maximum atomic E-state index is 12.5. The van der Waals surface area contributed by atoms with Crippen LogP contribution in [0.5, 0.6) is 5.75 Å². The first-order valence-electron chi connectivity index (χ1n) is 9.20. The summed E-state index contributed by atoms with van der Waals surface area (Å²) in [4.78, 5) is 14.5. The fraction of sp³-hybridized carbons (Fsp3) is 0.381. The van der Waals surface area contributed by atoms with Crippen LogP contribution in [0.3, 0.4) is 0 Å². The Balaban J connectivity index is 0.00000210. The minimum atomic E-state index is 0. The molecule has 4 nitrogen and oxygen atoms in total. The van der Waals surface area contributed by atoms with E-state index in [0.717, 1.165) is 37.1 Å². The molecule has 0 aromatic heterocycles. The summed E-state index contributed by atoms with van der Waals surface area (Å²) in [5.41, 5.74) is 2.13. The normalized spacial score (nSPS) is 21.3. The highest BCUT2D eigenvalue weighted by atomic mass is 35.5. The fourth-order valence-corrected chi connectivity index (χ4v) is 4.06. The van der Waals surface area contributed by atoms with Gasteiger partial charge in [-0.05, 0) is 42.5 Å². The van der Waals surface area contributed by atoms with E-state index >= 15 is 0 Å². The van der Waals surface area contributed by atoms with Crippen molar-refractivity contribution in [2.45, 2.75) is 31.3 Å². The number of rotatable bonds is 4. The lowest BCUT2D eigenvalue weighted by molar-refractivity contribution is -0.133. The Morgan fingerprint density at radius 2 is 1.85 bits per heavy atom. The molecule has 0 aliphatic carbocycles. The van der Waals surface area contributed by atoms with Crippen LogP contribution in [0.25, 0.3) is 11.1 Å². The standard InChI is InChI=1S/C21H23ClN2O2.ClH/c22-19-12-16(15-4-2-1-3-5-15)6-9-20(19)26-14-21(25)24-11-10-17-7-8-18(13-24)23-17;/h1-6,9,12,17-18,23H,7-8,10-11,13-14H2;1H. The largest absolute Gasteiger partial charge is 0.482 e. The SMILES string of the molecule is Cl.O=C(COc1ccc(-c2ccccc2)cc1Cl)N1CCC2CCC(C1)N2. The Morgan fingerprint density at radius 3 is 2.63 bits per heavy atom. The van der Waals surface area contributed by atoms with Gasteiger partial charge in [0.1, 0.15) is 5.75 Å². The van der Waals surface area contributed by atoms with Crippen molar-refractivity contribution in [3.8, 4) is 16.9 Å². The van der Waals surface area contributed by atoms with Crippen molar-refractivity contribution in [1.82, 2.24) is 10.2 Å². The zero-order valence-electron chi connectivity index (χ0n) is 15.1. The molecule has 1 N–H and O–H groups in total. The summed E-state index contributed by atoms with van der Waals surface area (Å²) < 4.78 is 5.72. The molecule has 27 heavy (non-hydrogen) atoms. The third-order valence-electron chi connectivity index (χ3n) is 5.27. The maximum Gasteiger partial charge on any atom is 0.260 e. The third-order valence-corrected chi connectivity index (χ3v) is 5.56. The molecule has 0 spiro atoms. The van der Waals surface area contributed by atoms with Gasteiger partial charge in [0.05, 0.1) is 5.02 Å². The molecule has 144 valence electrons. The number of ether oxygens (including phenoxy) is 1. The molecule has 2 unspecified atom stereocenters. The molecule has 0 saturated carbocycles. The number of carbonyl (C=O) groups excluding carboxylic acids is 1. The number of hydrogen-bond donors (Lipinski definition) is 1. The minimum Gasteiger partial charge on any atom is -0.482 e. The predicted molar refractivity (Wildman–Crippen MR) is 111 cm³/mol. The highest BCUT2D eigenvalue weighted by molar-refractivity contribution is 6.32. The number of benzene rings is 2. The predicted octanol–water partition coefficient (Wildman–Crippen LogP) is 4.16. The Morgan fingerprint density at radius 1 is 1.07 bits per heavy atom. The topological polar surface area (TPSA) is 41.6 Å². The molecule has 4 rings (SSSR count). The van der Waals surface area contributed by atoms with Crippen LogP contribution < -0.4 is 10.1 Å². The van der Waals surface area contributed by atoms with E-state index in [9.17, 15) is 4.79 Å². The second kappa shape index (κ2) is 8.96. The second-order valence-corrected chi connectivity index (χ2v) is 7.47. The molecule has 2 aromatic rings. The molecule has 2 atom stereocenters. The van der Waals surface area contributed by atoms with Gasteiger partial charge < -0.3 is 15.0 Å². The van der Waals surface area contributed by atoms with Crippen molar-refractivity contribution in [2.75, 3.05) is 19.7 Å². The fourth-order valence-electron chi connectivity index (χ4n) is 3.83. The van der Waals surface area contributed by atoms with Gasteiger partial charge >= 0.3 is 0 Å². The highest BCUT2D eigenvalue weighted by Crippen LogP contribution is 2.30. The van der Waals surface area contributed by atoms with Gasteiger partial charge in [0.15, 0.2) is 6.61 Å². The molecule has 2 saturated heterocycles. The van der Waals surface area contributed by atoms with Crippen molar-refractivity contribution in [3.05, 3.63) is 53.6 Å². The smallest absolute Gasteiger partial charge is 0.260 e. The van der Waals surface area contributed by atoms with Crippen molar-refractivity contribution in [1.29, 1.82) is 0 Å². The van der Waals surface area contributed by atoms with Gasteiger partial charge in [-0.1, -0.05) is 48.0 Å². The van der Waals surface area contributed by atoms with E-state index < -0.39 is 0 Å². The Bertz CT molecular complexity index is 785. The van der Waals surface area contributed by atoms with Crippen LogP contribution in [-0.4, -0.2) is 42.6 Å². The van der Waals surface area contributed by atoms with Crippen LogP contribution in [0.2, 0.25) is 5.02 Å². The van der Waals surface area contributed by atoms with Crippen molar-refractivity contribution in [3.63, 3.8) is 0 Å². The lowest BCUT2D eigenvalue weighted by Crippen LogP contribution is -2.41. The molecule has 2 fully saturated rings. The molecule has 2 heterocycles. The quantitative estimate of drug-likeness (QED) is 0.828. The molecule has 1 amide bonds. The summed E-state index contributed by atoms with van der Waals surface area (Å²) in [6.45, 7) is 1.61. The number of nitrogens with one attached hydrogen (secondary N) is 1. The first-order chi connectivity index (χ1) is 12.7. The number of halogens is 2. The molecule has 2 aliphatic rings. The molecular formula is C21H24Cl2N2O2. The van der Waals surface area contributed by atoms with Crippen LogP contribution in [-0.2, 0) is 4.79 Å². The van der Waals surface area contributed by atoms with E-state index in [1.54, 1.807) is 0 Å². The van der Waals surface area contributed by atoms with Crippen molar-refractivity contribution in [2.24, 2.45) is 0 Å². The van der Waals surface area contributed by atoms with Crippen molar-refractivity contribution < 1.29 is 9.53 Å². The average molecular weight is 407 g/mol. The summed E-state index contributed by atoms with van der Waals surface area (Å²) in [7, 11) is 0. The molecule has 2 bridgehead atoms. The number of fused-ring (bicyclic) bond motifs is 2. The molecule has 2 aromatic carbocycles. The maximum absolute atomic E-state index is 12.5. The zero-order valence-corrected chi connectivity index (χ0v) is 16.6. The number of carbonyl (C=O) groups is 1. The van der Waals surface area contributed by atoms with Crippen LogP contribution in [0.4, 0.5) is 0 Å². The van der Waals surface area contributed by atoms with Gasteiger partial charge in [-0.2, -0.15) is 0 Å². The number of likely N-dealkylation sites (tertiary alicyclic amines) is 1. The number of amides is 1. The third kappa shape index (κ3) is 4.75. The van der Waals surface area contributed by atoms with Crippen LogP contribution >= 0.6 is 24.0 Å². The van der Waals surface area contributed by atoms with Gasteiger partial charge in [-0.3, -0.25) is 4.79 Å². The summed E-state index contributed by atoms with van der Waals surface area (Å²) in [6.07, 6.45) is 3.41. The average Bonchev–Trinajstić information content (AvgIpc) is 3.00. The van der Waals surface area contributed by atoms with Crippen LogP contribution in [0, 0.1) is 0 Å². The Kier molecular flexibility index (Phi) is 6.64. The van der Waals surface area contributed by atoms with E-state index in [1.807, 2.05) is 53.4 Å². The first kappa shape index (κ1) is 20.0. The minimum absolute atomic E-state index is 0. The molecular weight excluding hydrogens is 383 g/mol. The lowest BCUT2D eigenvalue weighted by atomic mass is 10.1. The highest BCUT2D eigenvalue weighted by Gasteiger charge is 2.31. The lowest BCUT2D eigenvalue weighted by Gasteiger charge is -2.24. The first-order valence-corrected chi connectivity index (χ1v) is 9.58. The van der Waals surface area contributed by atoms with E-state index in [1.165, 1.54) is 6.42 Å². The summed E-state index contributed by atoms with van der Waals surface area (Å²) >= 11 is 6.37. The van der Waals surface area contributed by atoms with Crippen LogP contribution in [0.1, 0.15) is 19.3 Å². The van der Waals surface area contributed by atoms with E-state index in [2.05, 4.69) is 5.32 Å². The van der Waals surface area contributed by atoms with Crippen LogP contribution in [0.15, 0.2) is 48.5 Å². The zero-order chi connectivity index (χ0) is 17.9. The molecule has 6 heteroatoms. The van der Waals surface area contributed by atoms with Crippen molar-refractivity contribution >= 4 is 29.9 Å². The number of nitrogens with zero attached hydrogens (tertiary/aromatic N) is 1. The van der Waals surface area contributed by atoms with Gasteiger partial charge in [0.25, 0.3) is 5.91 Å². The van der Waals surface area contributed by atoms with E-state index in [-0.39, 0.29) is 24.9 Å². The summed E-state index contributed by atoms with van der Waals surface area (Å²) in [5, 5.41) is 4.11. The van der Waals surface area contributed by atoms with Gasteiger partial charge in [-0.25, -0.2) is 0 Å².